The molecular weight excluding hydrogens is 651 g/mol. The van der Waals surface area contributed by atoms with E-state index in [4.69, 9.17) is 9.84 Å². The highest BCUT2D eigenvalue weighted by molar-refractivity contribution is 7.98. The van der Waals surface area contributed by atoms with Crippen LogP contribution in [0.15, 0.2) is 82.6 Å². The normalized spacial score (nSPS) is 14.8. The number of thioether (sulfide) groups is 1. The molecule has 0 saturated heterocycles. The Morgan fingerprint density at radius 2 is 1.60 bits per heavy atom. The fourth-order valence-corrected chi connectivity index (χ4v) is 8.77. The predicted octanol–water partition coefficient (Wildman–Crippen LogP) is 6.31. The van der Waals surface area contributed by atoms with Crippen LogP contribution in [-0.2, 0) is 24.2 Å². The summed E-state index contributed by atoms with van der Waals surface area (Å²) in [6.45, 7) is 3.33. The van der Waals surface area contributed by atoms with Crippen LogP contribution in [0.1, 0.15) is 52.4 Å². The number of nitrogens with one attached hydrogen (secondary N) is 1. The summed E-state index contributed by atoms with van der Waals surface area (Å²) < 4.78 is 34.8. The summed E-state index contributed by atoms with van der Waals surface area (Å²) in [5.74, 6) is -2.14. The molecule has 0 bridgehead atoms. The highest BCUT2D eigenvalue weighted by Crippen LogP contribution is 2.47. The number of hydrogen-bond donors (Lipinski definition) is 2. The first kappa shape index (κ1) is 36.8. The number of benzene rings is 3. The van der Waals surface area contributed by atoms with Crippen LogP contribution in [0.4, 0.5) is 17.1 Å². The lowest BCUT2D eigenvalue weighted by Gasteiger charge is -2.37. The number of hydrogen-bond acceptors (Lipinski definition) is 8. The third-order valence-corrected chi connectivity index (χ3v) is 11.3. The maximum atomic E-state index is 14.4. The molecule has 258 valence electrons. The van der Waals surface area contributed by atoms with E-state index < -0.39 is 52.7 Å². The van der Waals surface area contributed by atoms with Crippen molar-refractivity contribution in [2.75, 3.05) is 48.0 Å². The standard InChI is InChI=1S/C36H45N3O7S2/c1-4-6-18-36(19-7-5-2)25-39(28-16-12-9-13-17-28)29-20-31(47-3)30(21-32(29)48(44,45)26-36)46-24-34(41)38(27-14-10-8-11-15-27)23-33(40)37-22-35(42)43/h8-17,20-21H,4-7,18-19,22-26H2,1-3H3,(H,37,40)(H,42,43). The van der Waals surface area contributed by atoms with Crippen LogP contribution in [0, 0.1) is 5.41 Å². The summed E-state index contributed by atoms with van der Waals surface area (Å²) in [6, 6.07) is 21.7. The van der Waals surface area contributed by atoms with E-state index >= 15 is 0 Å². The van der Waals surface area contributed by atoms with Gasteiger partial charge in [0.05, 0.1) is 21.2 Å². The molecule has 0 saturated carbocycles. The number of carbonyl (C=O) groups excluding carboxylic acids is 2. The number of nitrogens with zero attached hydrogens (tertiary/aromatic N) is 2. The molecule has 2 N–H and O–H groups in total. The molecule has 0 fully saturated rings. The fraction of sp³-hybridized carbons (Fsp3) is 0.417. The number of carbonyl (C=O) groups is 3. The SMILES string of the molecule is CCCCC1(CCCC)CN(c2ccccc2)c2cc(SC)c(OCC(=O)N(CC(=O)NCC(=O)O)c3ccccc3)cc2S(=O)(=O)C1. The van der Waals surface area contributed by atoms with Crippen molar-refractivity contribution in [3.63, 3.8) is 0 Å². The Morgan fingerprint density at radius 3 is 2.19 bits per heavy atom. The molecule has 48 heavy (non-hydrogen) atoms. The lowest BCUT2D eigenvalue weighted by atomic mass is 9.79. The van der Waals surface area contributed by atoms with Crippen molar-refractivity contribution in [1.29, 1.82) is 0 Å². The number of unbranched alkanes of at least 4 members (excludes halogenated alkanes) is 2. The van der Waals surface area contributed by atoms with Crippen molar-refractivity contribution in [3.8, 4) is 5.75 Å². The van der Waals surface area contributed by atoms with Crippen molar-refractivity contribution in [2.24, 2.45) is 5.41 Å². The van der Waals surface area contributed by atoms with Crippen LogP contribution < -0.4 is 19.9 Å². The fourth-order valence-electron chi connectivity index (χ4n) is 6.10. The van der Waals surface area contributed by atoms with E-state index in [0.29, 0.717) is 22.8 Å². The maximum Gasteiger partial charge on any atom is 0.322 e. The minimum atomic E-state index is -3.79. The Labute approximate surface area is 287 Å². The molecule has 2 amide bonds. The van der Waals surface area contributed by atoms with Crippen molar-refractivity contribution in [1.82, 2.24) is 5.32 Å². The molecule has 0 spiro atoms. The van der Waals surface area contributed by atoms with Crippen LogP contribution in [0.25, 0.3) is 0 Å². The number of amides is 2. The molecule has 4 rings (SSSR count). The van der Waals surface area contributed by atoms with Gasteiger partial charge in [-0.15, -0.1) is 11.8 Å². The Balaban J connectivity index is 1.72. The number of fused-ring (bicyclic) bond motifs is 1. The Morgan fingerprint density at radius 1 is 0.979 bits per heavy atom. The topological polar surface area (TPSA) is 133 Å². The highest BCUT2D eigenvalue weighted by atomic mass is 32.2. The summed E-state index contributed by atoms with van der Waals surface area (Å²) in [6.07, 6.45) is 7.25. The molecule has 0 aliphatic carbocycles. The van der Waals surface area contributed by atoms with Gasteiger partial charge in [-0.05, 0) is 49.4 Å². The van der Waals surface area contributed by atoms with Gasteiger partial charge in [0, 0.05) is 29.4 Å². The molecule has 1 aliphatic heterocycles. The van der Waals surface area contributed by atoms with Gasteiger partial charge in [-0.25, -0.2) is 8.42 Å². The number of carboxylic acids is 1. The summed E-state index contributed by atoms with van der Waals surface area (Å²) >= 11 is 1.39. The van der Waals surface area contributed by atoms with Crippen molar-refractivity contribution < 1.29 is 32.6 Å². The molecule has 0 radical (unpaired) electrons. The van der Waals surface area contributed by atoms with E-state index in [0.717, 1.165) is 44.2 Å². The Kier molecular flexibility index (Phi) is 12.9. The molecule has 3 aromatic carbocycles. The van der Waals surface area contributed by atoms with Gasteiger partial charge in [0.2, 0.25) is 5.91 Å². The van der Waals surface area contributed by atoms with Crippen LogP contribution in [0.3, 0.4) is 0 Å². The first-order valence-electron chi connectivity index (χ1n) is 16.3. The van der Waals surface area contributed by atoms with Gasteiger partial charge in [-0.2, -0.15) is 0 Å². The number of para-hydroxylation sites is 2. The minimum Gasteiger partial charge on any atom is -0.483 e. The number of ether oxygens (including phenoxy) is 1. The van der Waals surface area contributed by atoms with E-state index in [1.807, 2.05) is 42.7 Å². The molecule has 1 aliphatic rings. The molecule has 3 aromatic rings. The zero-order valence-corrected chi connectivity index (χ0v) is 29.4. The lowest BCUT2D eigenvalue weighted by Crippen LogP contribution is -2.44. The van der Waals surface area contributed by atoms with Gasteiger partial charge < -0.3 is 25.0 Å². The smallest absolute Gasteiger partial charge is 0.322 e. The van der Waals surface area contributed by atoms with Gasteiger partial charge in [-0.3, -0.25) is 14.4 Å². The molecule has 12 heteroatoms. The quantitative estimate of drug-likeness (QED) is 0.165. The van der Waals surface area contributed by atoms with Crippen LogP contribution in [0.5, 0.6) is 5.75 Å². The van der Waals surface area contributed by atoms with Gasteiger partial charge >= 0.3 is 5.97 Å². The zero-order chi connectivity index (χ0) is 34.7. The van der Waals surface area contributed by atoms with Crippen LogP contribution >= 0.6 is 11.8 Å². The van der Waals surface area contributed by atoms with E-state index in [1.54, 1.807) is 36.4 Å². The second-order valence-electron chi connectivity index (χ2n) is 12.1. The Hall–Kier alpha value is -4.03. The third-order valence-electron chi connectivity index (χ3n) is 8.51. The molecule has 0 atom stereocenters. The second-order valence-corrected chi connectivity index (χ2v) is 14.9. The maximum absolute atomic E-state index is 14.4. The number of carboxylic acid groups (broad SMARTS) is 1. The summed E-state index contributed by atoms with van der Waals surface area (Å²) in [5.41, 5.74) is 1.47. The summed E-state index contributed by atoms with van der Waals surface area (Å²) in [7, 11) is -3.79. The van der Waals surface area contributed by atoms with Crippen molar-refractivity contribution >= 4 is 56.4 Å². The predicted molar refractivity (Wildman–Crippen MR) is 190 cm³/mol. The van der Waals surface area contributed by atoms with Crippen molar-refractivity contribution in [2.45, 2.75) is 62.2 Å². The monoisotopic (exact) mass is 695 g/mol. The molecule has 0 aromatic heterocycles. The largest absolute Gasteiger partial charge is 0.483 e. The Bertz CT molecular complexity index is 1660. The third kappa shape index (κ3) is 9.31. The molecular formula is C36H45N3O7S2. The molecule has 10 nitrogen and oxygen atoms in total. The molecule has 0 unspecified atom stereocenters. The highest BCUT2D eigenvalue weighted by Gasteiger charge is 2.42. The van der Waals surface area contributed by atoms with E-state index in [-0.39, 0.29) is 16.4 Å². The van der Waals surface area contributed by atoms with E-state index in [2.05, 4.69) is 24.1 Å². The van der Waals surface area contributed by atoms with Crippen LogP contribution in [0.2, 0.25) is 0 Å². The minimum absolute atomic E-state index is 0.0144. The van der Waals surface area contributed by atoms with Crippen LogP contribution in [-0.4, -0.2) is 69.6 Å². The van der Waals surface area contributed by atoms with E-state index in [9.17, 15) is 22.8 Å². The average molecular weight is 696 g/mol. The zero-order valence-electron chi connectivity index (χ0n) is 27.8. The number of rotatable bonds is 16. The first-order chi connectivity index (χ1) is 23.0. The number of anilines is 3. The number of sulfone groups is 1. The molecule has 1 heterocycles. The number of aliphatic carboxylic acids is 1. The van der Waals surface area contributed by atoms with Gasteiger partial charge in [0.15, 0.2) is 16.4 Å². The van der Waals surface area contributed by atoms with Gasteiger partial charge in [0.25, 0.3) is 5.91 Å². The summed E-state index contributed by atoms with van der Waals surface area (Å²) in [5, 5.41) is 11.2. The lowest BCUT2D eigenvalue weighted by molar-refractivity contribution is -0.137. The average Bonchev–Trinajstić information content (AvgIpc) is 3.18. The van der Waals surface area contributed by atoms with Crippen molar-refractivity contribution in [3.05, 3.63) is 72.8 Å². The van der Waals surface area contributed by atoms with Gasteiger partial charge in [-0.1, -0.05) is 75.9 Å². The van der Waals surface area contributed by atoms with E-state index in [1.165, 1.54) is 16.7 Å². The first-order valence-corrected chi connectivity index (χ1v) is 19.1. The summed E-state index contributed by atoms with van der Waals surface area (Å²) in [4.78, 5) is 41.2. The second kappa shape index (κ2) is 16.9. The van der Waals surface area contributed by atoms with Gasteiger partial charge in [0.1, 0.15) is 18.8 Å².